The number of benzene rings is 2. The maximum Gasteiger partial charge on any atom is 0.138 e. The Labute approximate surface area is 125 Å². The summed E-state index contributed by atoms with van der Waals surface area (Å²) in [4.78, 5) is 4.50. The fraction of sp³-hybridized carbons (Fsp3) is 0.0625. The molecule has 3 nitrogen and oxygen atoms in total. The Morgan fingerprint density at radius 1 is 1.05 bits per heavy atom. The molecule has 20 heavy (non-hydrogen) atoms. The van der Waals surface area contributed by atoms with Gasteiger partial charge in [-0.2, -0.15) is 0 Å². The van der Waals surface area contributed by atoms with Crippen molar-refractivity contribution in [2.75, 3.05) is 0 Å². The van der Waals surface area contributed by atoms with Gasteiger partial charge in [0.25, 0.3) is 0 Å². The van der Waals surface area contributed by atoms with E-state index in [9.17, 15) is 0 Å². The molecule has 1 heterocycles. The van der Waals surface area contributed by atoms with Gasteiger partial charge in [0.05, 0.1) is 11.2 Å². The van der Waals surface area contributed by atoms with Crippen molar-refractivity contribution in [1.29, 1.82) is 0 Å². The molecule has 0 fully saturated rings. The molecule has 2 aromatic carbocycles. The molecule has 0 radical (unpaired) electrons. The Balaban J connectivity index is 2.10. The molecule has 2 N–H and O–H groups in total. The number of ether oxygens (including phenoxy) is 1. The first kappa shape index (κ1) is 13.1. The Kier molecular flexibility index (Phi) is 3.67. The zero-order chi connectivity index (χ0) is 13.9. The van der Waals surface area contributed by atoms with Crippen molar-refractivity contribution < 1.29 is 4.74 Å². The van der Waals surface area contributed by atoms with Crippen LogP contribution in [0.2, 0.25) is 0 Å². The molecule has 0 spiro atoms. The lowest BCUT2D eigenvalue weighted by molar-refractivity contribution is 0.486. The quantitative estimate of drug-likeness (QED) is 0.781. The van der Waals surface area contributed by atoms with Crippen molar-refractivity contribution >= 4 is 26.8 Å². The zero-order valence-electron chi connectivity index (χ0n) is 10.7. The van der Waals surface area contributed by atoms with Crippen molar-refractivity contribution in [3.63, 3.8) is 0 Å². The van der Waals surface area contributed by atoms with Gasteiger partial charge in [-0.1, -0.05) is 34.1 Å². The van der Waals surface area contributed by atoms with E-state index in [4.69, 9.17) is 10.5 Å². The van der Waals surface area contributed by atoms with Crippen molar-refractivity contribution in [3.05, 3.63) is 64.8 Å². The van der Waals surface area contributed by atoms with Crippen LogP contribution in [0.4, 0.5) is 0 Å². The Morgan fingerprint density at radius 3 is 2.70 bits per heavy atom. The fourth-order valence-electron chi connectivity index (χ4n) is 2.04. The predicted octanol–water partition coefficient (Wildman–Crippen LogP) is 4.25. The summed E-state index contributed by atoms with van der Waals surface area (Å²) in [6, 6.07) is 17.5. The number of nitrogens with zero attached hydrogens (tertiary/aromatic N) is 1. The van der Waals surface area contributed by atoms with Gasteiger partial charge in [0.15, 0.2) is 0 Å². The van der Waals surface area contributed by atoms with E-state index in [1.165, 1.54) is 0 Å². The van der Waals surface area contributed by atoms with Crippen molar-refractivity contribution in [2.24, 2.45) is 5.73 Å². The molecule has 100 valence electrons. The van der Waals surface area contributed by atoms with E-state index in [-0.39, 0.29) is 0 Å². The first-order valence-electron chi connectivity index (χ1n) is 6.28. The molecule has 0 aliphatic rings. The lowest BCUT2D eigenvalue weighted by atomic mass is 10.2. The van der Waals surface area contributed by atoms with Gasteiger partial charge in [0.2, 0.25) is 0 Å². The molecule has 4 heteroatoms. The number of nitrogens with two attached hydrogens (primary N) is 1. The average Bonchev–Trinajstić information content (AvgIpc) is 2.47. The number of rotatable bonds is 3. The smallest absolute Gasteiger partial charge is 0.138 e. The molecule has 0 saturated carbocycles. The van der Waals surface area contributed by atoms with Crippen LogP contribution < -0.4 is 10.5 Å². The van der Waals surface area contributed by atoms with Gasteiger partial charge in [-0.15, -0.1) is 0 Å². The van der Waals surface area contributed by atoms with E-state index in [2.05, 4.69) is 20.9 Å². The topological polar surface area (TPSA) is 48.1 Å². The second-order valence-corrected chi connectivity index (χ2v) is 5.31. The summed E-state index contributed by atoms with van der Waals surface area (Å²) in [5.74, 6) is 1.55. The van der Waals surface area contributed by atoms with Crippen molar-refractivity contribution in [1.82, 2.24) is 4.98 Å². The molecule has 0 atom stereocenters. The molecule has 3 aromatic rings. The van der Waals surface area contributed by atoms with E-state index in [0.29, 0.717) is 6.54 Å². The minimum Gasteiger partial charge on any atom is -0.457 e. The third-order valence-electron chi connectivity index (χ3n) is 2.96. The highest BCUT2D eigenvalue weighted by Gasteiger charge is 2.07. The molecule has 0 unspecified atom stereocenters. The Hall–Kier alpha value is -1.91. The number of pyridine rings is 1. The maximum atomic E-state index is 5.99. The number of hydrogen-bond acceptors (Lipinski definition) is 3. The highest BCUT2D eigenvalue weighted by atomic mass is 79.9. The third kappa shape index (κ3) is 2.66. The summed E-state index contributed by atoms with van der Waals surface area (Å²) in [5, 5.41) is 0.977. The Morgan fingerprint density at radius 2 is 1.90 bits per heavy atom. The average molecular weight is 329 g/mol. The second kappa shape index (κ2) is 5.61. The van der Waals surface area contributed by atoms with Crippen LogP contribution in [-0.2, 0) is 6.54 Å². The minimum absolute atomic E-state index is 0.389. The largest absolute Gasteiger partial charge is 0.457 e. The molecule has 0 bridgehead atoms. The molecule has 0 saturated heterocycles. The summed E-state index contributed by atoms with van der Waals surface area (Å²) in [5.41, 5.74) is 7.40. The third-order valence-corrected chi connectivity index (χ3v) is 3.46. The van der Waals surface area contributed by atoms with Crippen LogP contribution in [0.1, 0.15) is 5.69 Å². The maximum absolute atomic E-state index is 5.99. The molecule has 1 aromatic heterocycles. The van der Waals surface area contributed by atoms with E-state index < -0.39 is 0 Å². The summed E-state index contributed by atoms with van der Waals surface area (Å²) < 4.78 is 6.97. The van der Waals surface area contributed by atoms with E-state index >= 15 is 0 Å². The SMILES string of the molecule is NCc1cc(Oc2cccc(Br)c2)c2ccccc2n1. The van der Waals surface area contributed by atoms with Gasteiger partial charge in [0, 0.05) is 22.5 Å². The summed E-state index contributed by atoms with van der Waals surface area (Å²) in [6.45, 7) is 0.389. The van der Waals surface area contributed by atoms with Crippen molar-refractivity contribution in [2.45, 2.75) is 6.54 Å². The summed E-state index contributed by atoms with van der Waals surface area (Å²) in [7, 11) is 0. The van der Waals surface area contributed by atoms with Crippen LogP contribution in [0.15, 0.2) is 59.1 Å². The number of aromatic nitrogens is 1. The first-order chi connectivity index (χ1) is 9.76. The van der Waals surface area contributed by atoms with Crippen LogP contribution in [0.25, 0.3) is 10.9 Å². The highest BCUT2D eigenvalue weighted by Crippen LogP contribution is 2.30. The van der Waals surface area contributed by atoms with E-state index in [0.717, 1.165) is 32.6 Å². The van der Waals surface area contributed by atoms with Gasteiger partial charge in [-0.05, 0) is 30.3 Å². The number of halogens is 1. The van der Waals surface area contributed by atoms with Crippen LogP contribution in [-0.4, -0.2) is 4.98 Å². The first-order valence-corrected chi connectivity index (χ1v) is 7.08. The number of fused-ring (bicyclic) bond motifs is 1. The van der Waals surface area contributed by atoms with Gasteiger partial charge in [-0.25, -0.2) is 0 Å². The summed E-state index contributed by atoms with van der Waals surface area (Å²) in [6.07, 6.45) is 0. The minimum atomic E-state index is 0.389. The second-order valence-electron chi connectivity index (χ2n) is 4.39. The fourth-order valence-corrected chi connectivity index (χ4v) is 2.42. The van der Waals surface area contributed by atoms with Gasteiger partial charge in [0.1, 0.15) is 11.5 Å². The molecule has 0 aliphatic heterocycles. The van der Waals surface area contributed by atoms with Crippen LogP contribution in [0.3, 0.4) is 0 Å². The molecule has 3 rings (SSSR count). The van der Waals surface area contributed by atoms with Crippen LogP contribution >= 0.6 is 15.9 Å². The van der Waals surface area contributed by atoms with Crippen molar-refractivity contribution in [3.8, 4) is 11.5 Å². The standard InChI is InChI=1S/C16H13BrN2O/c17-11-4-3-5-13(8-11)20-16-9-12(10-18)19-15-7-2-1-6-14(15)16/h1-9H,10,18H2. The predicted molar refractivity (Wildman–Crippen MR) is 83.9 cm³/mol. The van der Waals surface area contributed by atoms with Gasteiger partial charge >= 0.3 is 0 Å². The number of para-hydroxylation sites is 1. The monoisotopic (exact) mass is 328 g/mol. The lowest BCUT2D eigenvalue weighted by Crippen LogP contribution is -2.00. The Bertz CT molecular complexity index is 758. The zero-order valence-corrected chi connectivity index (χ0v) is 12.3. The lowest BCUT2D eigenvalue weighted by Gasteiger charge is -2.10. The normalized spacial score (nSPS) is 10.7. The van der Waals surface area contributed by atoms with Gasteiger partial charge in [-0.3, -0.25) is 4.98 Å². The molecular weight excluding hydrogens is 316 g/mol. The van der Waals surface area contributed by atoms with Gasteiger partial charge < -0.3 is 10.5 Å². The highest BCUT2D eigenvalue weighted by molar-refractivity contribution is 9.10. The molecule has 0 amide bonds. The summed E-state index contributed by atoms with van der Waals surface area (Å²) >= 11 is 3.44. The van der Waals surface area contributed by atoms with Crippen LogP contribution in [0, 0.1) is 0 Å². The molecule has 0 aliphatic carbocycles. The van der Waals surface area contributed by atoms with E-state index in [1.807, 2.05) is 54.6 Å². The van der Waals surface area contributed by atoms with Crippen LogP contribution in [0.5, 0.6) is 11.5 Å². The van der Waals surface area contributed by atoms with E-state index in [1.54, 1.807) is 0 Å². The molecular formula is C16H13BrN2O. The number of hydrogen-bond donors (Lipinski definition) is 1.